The highest BCUT2D eigenvalue weighted by Gasteiger charge is 2.36. The number of thiophene rings is 1. The molecule has 0 fully saturated rings. The summed E-state index contributed by atoms with van der Waals surface area (Å²) in [5.74, 6) is -1.83. The summed E-state index contributed by atoms with van der Waals surface area (Å²) in [6.45, 7) is 2.25. The number of hydrogen-bond donors (Lipinski definition) is 1. The summed E-state index contributed by atoms with van der Waals surface area (Å²) < 4.78 is 76.1. The van der Waals surface area contributed by atoms with Crippen molar-refractivity contribution < 1.29 is 36.2 Å². The molecule has 46 heavy (non-hydrogen) atoms. The number of sulfonamides is 1. The number of fused-ring (bicyclic) bond motifs is 3. The zero-order valence-electron chi connectivity index (χ0n) is 24.5. The molecule has 0 spiro atoms. The SMILES string of the molecule is CC[C@@H]1CN(Cc2cc(C(CC(=O)O)c3ccc4c(nnn4CC(F)(F)F)c3C)cc3ccsc23)S(=O)(=O)c2cc(Cl)cnc2O1. The van der Waals surface area contributed by atoms with Gasteiger partial charge in [0.05, 0.1) is 23.5 Å². The molecule has 1 unspecified atom stereocenters. The van der Waals surface area contributed by atoms with Crippen LogP contribution in [-0.4, -0.2) is 62.6 Å². The Morgan fingerprint density at radius 1 is 1.24 bits per heavy atom. The maximum Gasteiger partial charge on any atom is 0.408 e. The van der Waals surface area contributed by atoms with E-state index in [2.05, 4.69) is 15.3 Å². The Hall–Kier alpha value is -3.79. The number of aromatic nitrogens is 4. The molecule has 10 nitrogen and oxygen atoms in total. The zero-order chi connectivity index (χ0) is 33.0. The number of carboxylic acids is 1. The maximum absolute atomic E-state index is 13.9. The standard InChI is InChI=1S/C30H27ClF3N5O5S2/c1-3-21-14-38(46(42,43)25-10-20(31)12-35-29(25)44-21)13-19-9-18(8-17-6-7-45-28(17)19)23(11-26(40)41)22-4-5-24-27(16(22)2)36-37-39(24)15-30(32,33)34/h4-10,12,21,23H,3,11,13-15H2,1-2H3,(H,40,41)/t21-,23?/m1/s1. The molecule has 242 valence electrons. The summed E-state index contributed by atoms with van der Waals surface area (Å²) in [5.41, 5.74) is 2.74. The van der Waals surface area contributed by atoms with Crippen LogP contribution in [0.2, 0.25) is 5.02 Å². The Labute approximate surface area is 270 Å². The lowest BCUT2D eigenvalue weighted by Crippen LogP contribution is -2.36. The predicted molar refractivity (Wildman–Crippen MR) is 166 cm³/mol. The maximum atomic E-state index is 13.9. The second-order valence-corrected chi connectivity index (χ2v) is 14.3. The van der Waals surface area contributed by atoms with E-state index in [1.165, 1.54) is 34.0 Å². The zero-order valence-corrected chi connectivity index (χ0v) is 26.8. The molecule has 6 rings (SSSR count). The Bertz CT molecular complexity index is 2080. The third-order valence-corrected chi connectivity index (χ3v) is 11.0. The van der Waals surface area contributed by atoms with Gasteiger partial charge in [0.1, 0.15) is 23.1 Å². The van der Waals surface area contributed by atoms with Gasteiger partial charge >= 0.3 is 12.1 Å². The molecule has 0 saturated carbocycles. The highest BCUT2D eigenvalue weighted by atomic mass is 35.5. The van der Waals surface area contributed by atoms with Crippen LogP contribution < -0.4 is 4.74 Å². The molecule has 1 aliphatic rings. The van der Waals surface area contributed by atoms with Crippen LogP contribution in [0.4, 0.5) is 13.2 Å². The summed E-state index contributed by atoms with van der Waals surface area (Å²) in [6.07, 6.45) is -3.47. The molecule has 0 aliphatic carbocycles. The third kappa shape index (κ3) is 6.16. The fourth-order valence-electron chi connectivity index (χ4n) is 5.82. The van der Waals surface area contributed by atoms with Crippen LogP contribution in [0.15, 0.2) is 52.9 Å². The van der Waals surface area contributed by atoms with Gasteiger partial charge in [0, 0.05) is 23.4 Å². The smallest absolute Gasteiger partial charge is 0.408 e. The number of ether oxygens (including phenoxy) is 1. The molecule has 16 heteroatoms. The molecule has 1 N–H and O–H groups in total. The van der Waals surface area contributed by atoms with Gasteiger partial charge in [0.15, 0.2) is 0 Å². The van der Waals surface area contributed by atoms with E-state index in [1.807, 2.05) is 24.4 Å². The van der Waals surface area contributed by atoms with Crippen molar-refractivity contribution in [1.82, 2.24) is 24.3 Å². The minimum atomic E-state index is -4.50. The van der Waals surface area contributed by atoms with Gasteiger partial charge in [-0.05, 0) is 70.6 Å². The second kappa shape index (κ2) is 12.1. The van der Waals surface area contributed by atoms with E-state index in [1.54, 1.807) is 19.1 Å². The minimum Gasteiger partial charge on any atom is -0.481 e. The molecule has 3 aromatic heterocycles. The van der Waals surface area contributed by atoms with Gasteiger partial charge in [-0.1, -0.05) is 35.9 Å². The highest BCUT2D eigenvalue weighted by molar-refractivity contribution is 7.89. The fraction of sp³-hybridized carbons (Fsp3) is 0.333. The molecule has 2 atom stereocenters. The molecule has 4 heterocycles. The topological polar surface area (TPSA) is 128 Å². The Kier molecular flexibility index (Phi) is 8.46. The van der Waals surface area contributed by atoms with E-state index in [9.17, 15) is 31.5 Å². The molecule has 0 saturated heterocycles. The Morgan fingerprint density at radius 3 is 2.74 bits per heavy atom. The van der Waals surface area contributed by atoms with Gasteiger partial charge in [-0.2, -0.15) is 17.5 Å². The number of halogens is 4. The molecule has 0 amide bonds. The molecule has 0 radical (unpaired) electrons. The van der Waals surface area contributed by atoms with Crippen molar-refractivity contribution in [3.63, 3.8) is 0 Å². The number of hydrogen-bond acceptors (Lipinski definition) is 8. The number of aliphatic carboxylic acids is 1. The van der Waals surface area contributed by atoms with Crippen LogP contribution in [0.3, 0.4) is 0 Å². The normalized spacial score (nSPS) is 17.5. The van der Waals surface area contributed by atoms with Gasteiger partial charge < -0.3 is 9.84 Å². The molecule has 0 bridgehead atoms. The quantitative estimate of drug-likeness (QED) is 0.194. The number of pyridine rings is 1. The van der Waals surface area contributed by atoms with Crippen molar-refractivity contribution in [1.29, 1.82) is 0 Å². The van der Waals surface area contributed by atoms with Crippen LogP contribution in [-0.2, 0) is 27.9 Å². The number of alkyl halides is 3. The average Bonchev–Trinajstić information content (AvgIpc) is 3.60. The van der Waals surface area contributed by atoms with Crippen LogP contribution in [0.1, 0.15) is 47.9 Å². The van der Waals surface area contributed by atoms with Gasteiger partial charge in [-0.3, -0.25) is 4.79 Å². The average molecular weight is 694 g/mol. The Balaban J connectivity index is 1.45. The lowest BCUT2D eigenvalue weighted by molar-refractivity contribution is -0.142. The number of benzene rings is 2. The molecule has 1 aliphatic heterocycles. The first-order valence-electron chi connectivity index (χ1n) is 14.2. The monoisotopic (exact) mass is 693 g/mol. The van der Waals surface area contributed by atoms with E-state index in [-0.39, 0.29) is 46.3 Å². The first-order valence-corrected chi connectivity index (χ1v) is 16.9. The van der Waals surface area contributed by atoms with Crippen LogP contribution in [0.25, 0.3) is 21.1 Å². The lowest BCUT2D eigenvalue weighted by Gasteiger charge is -2.24. The summed E-state index contributed by atoms with van der Waals surface area (Å²) in [5, 5.41) is 20.4. The summed E-state index contributed by atoms with van der Waals surface area (Å²) in [4.78, 5) is 16.2. The van der Waals surface area contributed by atoms with Gasteiger partial charge in [-0.15, -0.1) is 16.4 Å². The van der Waals surface area contributed by atoms with E-state index < -0.39 is 40.7 Å². The predicted octanol–water partition coefficient (Wildman–Crippen LogP) is 6.53. The molecule has 2 aromatic carbocycles. The van der Waals surface area contributed by atoms with Crippen LogP contribution in [0.5, 0.6) is 5.88 Å². The lowest BCUT2D eigenvalue weighted by atomic mass is 9.84. The molecular formula is C30H27ClF3N5O5S2. The van der Waals surface area contributed by atoms with E-state index in [0.29, 0.717) is 28.7 Å². The third-order valence-electron chi connectivity index (χ3n) is 8.01. The fourth-order valence-corrected chi connectivity index (χ4v) is 8.48. The number of rotatable bonds is 8. The van der Waals surface area contributed by atoms with Crippen molar-refractivity contribution in [3.05, 3.63) is 75.3 Å². The summed E-state index contributed by atoms with van der Waals surface area (Å²) in [6, 6.07) is 9.92. The molecule has 5 aromatic rings. The van der Waals surface area contributed by atoms with Crippen LogP contribution >= 0.6 is 22.9 Å². The first-order chi connectivity index (χ1) is 21.7. The number of nitrogens with zero attached hydrogens (tertiary/aromatic N) is 5. The molecular weight excluding hydrogens is 667 g/mol. The number of carboxylic acid groups (broad SMARTS) is 1. The van der Waals surface area contributed by atoms with Crippen molar-refractivity contribution >= 4 is 60.0 Å². The van der Waals surface area contributed by atoms with Crippen LogP contribution in [0, 0.1) is 6.92 Å². The van der Waals surface area contributed by atoms with Crippen molar-refractivity contribution in [2.75, 3.05) is 6.54 Å². The van der Waals surface area contributed by atoms with Crippen molar-refractivity contribution in [3.8, 4) is 5.88 Å². The number of aryl methyl sites for hydroxylation is 1. The Morgan fingerprint density at radius 2 is 2.02 bits per heavy atom. The highest BCUT2D eigenvalue weighted by Crippen LogP contribution is 2.39. The largest absolute Gasteiger partial charge is 0.481 e. The first kappa shape index (κ1) is 32.2. The van der Waals surface area contributed by atoms with Crippen molar-refractivity contribution in [2.45, 2.75) is 62.9 Å². The van der Waals surface area contributed by atoms with Gasteiger partial charge in [-0.25, -0.2) is 18.1 Å². The van der Waals surface area contributed by atoms with E-state index >= 15 is 0 Å². The van der Waals surface area contributed by atoms with E-state index in [0.717, 1.165) is 14.8 Å². The van der Waals surface area contributed by atoms with E-state index in [4.69, 9.17) is 16.3 Å². The van der Waals surface area contributed by atoms with Crippen molar-refractivity contribution in [2.24, 2.45) is 0 Å². The summed E-state index contributed by atoms with van der Waals surface area (Å²) in [7, 11) is -4.11. The van der Waals surface area contributed by atoms with Gasteiger partial charge in [0.25, 0.3) is 0 Å². The minimum absolute atomic E-state index is 0.0201. The number of carbonyl (C=O) groups is 1. The van der Waals surface area contributed by atoms with Gasteiger partial charge in [0.2, 0.25) is 15.9 Å². The second-order valence-electron chi connectivity index (χ2n) is 11.1. The summed E-state index contributed by atoms with van der Waals surface area (Å²) >= 11 is 7.56.